The van der Waals surface area contributed by atoms with E-state index in [1.165, 1.54) is 167 Å². The summed E-state index contributed by atoms with van der Waals surface area (Å²) in [6.45, 7) is 55.5. The minimum absolute atomic E-state index is 0. The van der Waals surface area contributed by atoms with Crippen molar-refractivity contribution in [3.63, 3.8) is 0 Å². The molecule has 134 heavy (non-hydrogen) atoms. The summed E-state index contributed by atoms with van der Waals surface area (Å²) in [6, 6.07) is 0. The van der Waals surface area contributed by atoms with Gasteiger partial charge in [0, 0.05) is 5.92 Å². The first kappa shape index (κ1) is 134. The molecule has 17 fully saturated rings. The fraction of sp³-hybridized carbons (Fsp3) is 0.941. The highest BCUT2D eigenvalue weighted by Gasteiger charge is 2.70. The summed E-state index contributed by atoms with van der Waals surface area (Å²) < 4.78 is 52.2. The lowest BCUT2D eigenvalue weighted by atomic mass is 9.49. The molecule has 16 nitrogen and oxygen atoms in total. The normalized spacial score (nSPS) is 32.5. The van der Waals surface area contributed by atoms with Crippen LogP contribution in [-0.2, 0) is 76.2 Å². The number of fused-ring (bicyclic) bond motifs is 10. The van der Waals surface area contributed by atoms with Crippen molar-refractivity contribution < 1.29 is 76.2 Å². The van der Waals surface area contributed by atoms with E-state index >= 15 is 0 Å². The van der Waals surface area contributed by atoms with Gasteiger partial charge >= 0.3 is 41.8 Å². The lowest BCUT2D eigenvalue weighted by Gasteiger charge is -2.56. The van der Waals surface area contributed by atoms with E-state index in [0.717, 1.165) is 160 Å². The van der Waals surface area contributed by atoms with Crippen LogP contribution in [0.3, 0.4) is 0 Å². The summed E-state index contributed by atoms with van der Waals surface area (Å²) in [5.41, 5.74) is -2.53. The number of carbonyl (C=O) groups is 7. The van der Waals surface area contributed by atoms with Gasteiger partial charge in [0.2, 0.25) is 6.29 Å². The maximum Gasteiger partial charge on any atom is 0.313 e. The molecule has 17 aliphatic rings. The van der Waals surface area contributed by atoms with E-state index < -0.39 is 28.8 Å². The summed E-state index contributed by atoms with van der Waals surface area (Å²) in [5, 5.41) is 0. The highest BCUT2D eigenvalue weighted by atomic mass is 16.7. The fourth-order valence-corrected chi connectivity index (χ4v) is 27.3. The number of ether oxygens (including phenoxy) is 9. The molecule has 14 bridgehead atoms. The Bertz CT molecular complexity index is 3450. The van der Waals surface area contributed by atoms with Gasteiger partial charge in [0.15, 0.2) is 6.29 Å². The summed E-state index contributed by atoms with van der Waals surface area (Å²) in [5.74, 6) is 12.4. The van der Waals surface area contributed by atoms with Crippen molar-refractivity contribution in [2.45, 2.75) is 561 Å². The third-order valence-corrected chi connectivity index (χ3v) is 36.9. The molecule has 0 aliphatic heterocycles. The Kier molecular flexibility index (Phi) is 52.6. The molecule has 17 saturated carbocycles. The van der Waals surface area contributed by atoms with Gasteiger partial charge in [-0.2, -0.15) is 0 Å². The maximum absolute atomic E-state index is 12.7. The number of esters is 7. The monoisotopic (exact) mass is 1900 g/mol. The molecule has 14 unspecified atom stereocenters. The van der Waals surface area contributed by atoms with E-state index in [1.54, 1.807) is 0 Å². The predicted molar refractivity (Wildman–Crippen MR) is 564 cm³/mol. The number of hydrogen-bond acceptors (Lipinski definition) is 16. The van der Waals surface area contributed by atoms with E-state index in [4.69, 9.17) is 42.6 Å². The largest absolute Gasteiger partial charge is 0.462 e. The van der Waals surface area contributed by atoms with E-state index in [1.807, 2.05) is 132 Å². The second-order valence-electron chi connectivity index (χ2n) is 48.9. The Balaban J connectivity index is -0.00000152. The molecule has 14 atom stereocenters. The minimum atomic E-state index is -0.468. The summed E-state index contributed by atoms with van der Waals surface area (Å²) in [7, 11) is 0. The fourth-order valence-electron chi connectivity index (χ4n) is 27.3. The van der Waals surface area contributed by atoms with Crippen LogP contribution in [0, 0.1) is 143 Å². The second kappa shape index (κ2) is 52.5. The van der Waals surface area contributed by atoms with Crippen molar-refractivity contribution in [1.82, 2.24) is 0 Å². The van der Waals surface area contributed by atoms with Crippen molar-refractivity contribution in [2.24, 2.45) is 143 Å². The molecule has 0 heterocycles. The highest BCUT2D eigenvalue weighted by molar-refractivity contribution is 5.79. The predicted octanol–water partition coefficient (Wildman–Crippen LogP) is 33.7. The van der Waals surface area contributed by atoms with E-state index in [0.29, 0.717) is 23.4 Å². The molecule has 1 spiro atoms. The first-order valence-corrected chi connectivity index (χ1v) is 50.6. The molecule has 0 saturated heterocycles. The summed E-state index contributed by atoms with van der Waals surface area (Å²) in [6.07, 6.45) is 44.4. The molecule has 16 heteroatoms. The van der Waals surface area contributed by atoms with E-state index in [9.17, 15) is 33.6 Å². The molecule has 0 aromatic carbocycles. The van der Waals surface area contributed by atoms with Crippen molar-refractivity contribution in [3.8, 4) is 0 Å². The zero-order valence-corrected chi connectivity index (χ0v) is 82.8. The van der Waals surface area contributed by atoms with Gasteiger partial charge in [-0.3, -0.25) is 33.6 Å². The van der Waals surface area contributed by atoms with Crippen LogP contribution in [0.25, 0.3) is 0 Å². The number of rotatable bonds is 26. The highest BCUT2D eigenvalue weighted by Crippen LogP contribution is 2.74. The molecule has 796 valence electrons. The van der Waals surface area contributed by atoms with Gasteiger partial charge in [0.25, 0.3) is 0 Å². The van der Waals surface area contributed by atoms with Crippen LogP contribution in [0.15, 0.2) is 0 Å². The van der Waals surface area contributed by atoms with Crippen LogP contribution in [-0.4, -0.2) is 96.1 Å². The zero-order chi connectivity index (χ0) is 90.2. The van der Waals surface area contributed by atoms with Gasteiger partial charge in [-0.1, -0.05) is 177 Å². The van der Waals surface area contributed by atoms with Crippen molar-refractivity contribution in [1.29, 1.82) is 0 Å². The van der Waals surface area contributed by atoms with Crippen LogP contribution in [0.2, 0.25) is 0 Å². The van der Waals surface area contributed by atoms with Crippen molar-refractivity contribution in [3.05, 3.63) is 0 Å². The number of hydrogen-bond donors (Lipinski definition) is 0. The SMILES string of the molecule is C.C.C.C.C.C.C.C.C.C.C.C.CCC(C)(C)C(=O)OC(C)(C)C1CCCCC1.CCC(C)(C)C(=O)OC(C)OC12CC3CC(CC(C3)C1)C2.CCC(C)(C)C(=O)OC(C)OC1CC2CC1C1C3CCC(C3)C21.CCC(C)(C)C(=O)OC1(C)CCC23CC1C(C)(C)C2CCC3C.CCC(C)(C)C(=O)OC1(C)CCCCC1.CCC(C)(C)C(=O)OCCOC(=O)C12CC3CC(CC(C3)C1)C2. The van der Waals surface area contributed by atoms with E-state index in [2.05, 4.69) is 55.4 Å². The second-order valence-corrected chi connectivity index (χ2v) is 48.9. The third-order valence-electron chi connectivity index (χ3n) is 36.9. The molecule has 0 aromatic rings. The van der Waals surface area contributed by atoms with Crippen molar-refractivity contribution >= 4 is 41.8 Å². The Morgan fingerprint density at radius 1 is 0.366 bits per heavy atom. The molecule has 0 radical (unpaired) electrons. The van der Waals surface area contributed by atoms with Gasteiger partial charge < -0.3 is 42.6 Å². The molecule has 0 amide bonds. The number of carbonyl (C=O) groups excluding carboxylic acids is 7. The average molecular weight is 1900 g/mol. The van der Waals surface area contributed by atoms with Gasteiger partial charge in [-0.25, -0.2) is 0 Å². The minimum Gasteiger partial charge on any atom is -0.462 e. The smallest absolute Gasteiger partial charge is 0.313 e. The Morgan fingerprint density at radius 3 is 1.22 bits per heavy atom. The molecule has 17 aliphatic carbocycles. The van der Waals surface area contributed by atoms with Gasteiger partial charge in [-0.15, -0.1) is 0 Å². The summed E-state index contributed by atoms with van der Waals surface area (Å²) in [4.78, 5) is 85.8. The Hall–Kier alpha value is -3.79. The van der Waals surface area contributed by atoms with Gasteiger partial charge in [-0.05, 0) is 443 Å². The first-order chi connectivity index (χ1) is 56.7. The Morgan fingerprint density at radius 2 is 0.761 bits per heavy atom. The van der Waals surface area contributed by atoms with Crippen LogP contribution in [0.5, 0.6) is 0 Å². The van der Waals surface area contributed by atoms with Crippen LogP contribution < -0.4 is 0 Å². The van der Waals surface area contributed by atoms with E-state index in [-0.39, 0.29) is 194 Å². The molecular formula is C118H228O16. The molecule has 0 N–H and O–H groups in total. The molecule has 17 rings (SSSR count). The van der Waals surface area contributed by atoms with Gasteiger partial charge in [0.1, 0.15) is 30.0 Å². The lowest BCUT2D eigenvalue weighted by molar-refractivity contribution is -0.248. The standard InChI is InChI=1S/C21H36O2.C20H32O3.C19H30O4.C18H30O3.C15H28O2.C13H24O2.12CH4/c1-8-18(3,4)17(22)23-20(7)11-12-21-13-16(20)19(5,6)15(21)10-9-14(21)2;1-5-20(3,4)19(21)23-11(2)22-16-10-14-9-15(16)18-13-7-6-12(8-13)17(14)18;1-4-18(2,3)16(20)22-5-6-23-17(21)19-10-13-7-14(11-19)9-15(8-13)12-19;1-5-17(3,4)16(19)20-12(2)21-18-9-13-6-14(10-18)8-15(7-13)11-18;1-6-14(2,3)13(16)17-15(4,5)12-10-8-7-9-11-12;1-5-12(2,3)11(14)15-13(4)9-7-6-8-10-13;;;;;;;;;;;;/h14-16H,8-13H2,1-7H3;11-18H,5-10H2,1-4H3;13-15H,4-12H2,1-3H3;12-15H,5-11H2,1-4H3;12H,6-11H2,1-5H3;5-10H2,1-4H3;12*1H4. The van der Waals surface area contributed by atoms with Gasteiger partial charge in [0.05, 0.1) is 49.6 Å². The first-order valence-electron chi connectivity index (χ1n) is 50.6. The third kappa shape index (κ3) is 30.4. The molecule has 0 aromatic heterocycles. The van der Waals surface area contributed by atoms with Crippen LogP contribution in [0.4, 0.5) is 0 Å². The Labute approximate surface area is 831 Å². The lowest BCUT2D eigenvalue weighted by Crippen LogP contribution is -2.53. The summed E-state index contributed by atoms with van der Waals surface area (Å²) >= 11 is 0. The zero-order valence-electron chi connectivity index (χ0n) is 82.8. The van der Waals surface area contributed by atoms with Crippen LogP contribution in [0.1, 0.15) is 520 Å². The van der Waals surface area contributed by atoms with Crippen LogP contribution >= 0.6 is 0 Å². The maximum atomic E-state index is 12.7. The quantitative estimate of drug-likeness (QED) is 0.0260. The topological polar surface area (TPSA) is 203 Å². The molecular weight excluding hydrogens is 1670 g/mol. The van der Waals surface area contributed by atoms with Crippen molar-refractivity contribution in [2.75, 3.05) is 13.2 Å². The average Bonchev–Trinajstić information content (AvgIpc) is 1.53.